The second kappa shape index (κ2) is 8.08. The van der Waals surface area contributed by atoms with Crippen molar-refractivity contribution in [2.24, 2.45) is 5.73 Å². The zero-order valence-corrected chi connectivity index (χ0v) is 13.2. The molecule has 1 aromatic rings. The van der Waals surface area contributed by atoms with E-state index in [-0.39, 0.29) is 24.4 Å². The topological polar surface area (TPSA) is 46.3 Å². The fraction of sp³-hybridized carbons (Fsp3) is 0.545. The zero-order valence-electron chi connectivity index (χ0n) is 9.98. The van der Waals surface area contributed by atoms with Crippen LogP contribution in [0.15, 0.2) is 15.2 Å². The van der Waals surface area contributed by atoms with Crippen molar-refractivity contribution in [1.82, 2.24) is 4.90 Å². The summed E-state index contributed by atoms with van der Waals surface area (Å²) in [5.41, 5.74) is 6.78. The van der Waals surface area contributed by atoms with Crippen LogP contribution in [-0.2, 0) is 11.3 Å². The molecule has 0 saturated carbocycles. The van der Waals surface area contributed by atoms with Gasteiger partial charge in [-0.05, 0) is 46.3 Å². The van der Waals surface area contributed by atoms with Crippen molar-refractivity contribution in [2.45, 2.75) is 32.4 Å². The molecule has 6 heteroatoms. The normalized spacial score (nSPS) is 11.8. The number of thiophene rings is 1. The maximum Gasteiger partial charge on any atom is 0.222 e. The molecule has 17 heavy (non-hydrogen) atoms. The Kier molecular flexibility index (Phi) is 8.03. The molecule has 0 aliphatic rings. The SMILES string of the molecule is CC(N)CCC(=O)N(C)Cc1csc(Br)c1.Cl. The Balaban J connectivity index is 0.00000256. The van der Waals surface area contributed by atoms with Crippen LogP contribution in [-0.4, -0.2) is 23.9 Å². The molecular weight excluding hydrogens is 324 g/mol. The highest BCUT2D eigenvalue weighted by atomic mass is 79.9. The third-order valence-corrected chi connectivity index (χ3v) is 3.83. The monoisotopic (exact) mass is 340 g/mol. The van der Waals surface area contributed by atoms with E-state index in [4.69, 9.17) is 5.73 Å². The predicted octanol–water partition coefficient (Wildman–Crippen LogP) is 3.02. The molecule has 1 unspecified atom stereocenters. The molecule has 1 heterocycles. The van der Waals surface area contributed by atoms with Gasteiger partial charge in [0.15, 0.2) is 0 Å². The predicted molar refractivity (Wildman–Crippen MR) is 78.6 cm³/mol. The van der Waals surface area contributed by atoms with Crippen LogP contribution < -0.4 is 5.73 Å². The van der Waals surface area contributed by atoms with Crippen molar-refractivity contribution in [3.63, 3.8) is 0 Å². The van der Waals surface area contributed by atoms with Crippen LogP contribution in [0.3, 0.4) is 0 Å². The van der Waals surface area contributed by atoms with E-state index in [9.17, 15) is 4.79 Å². The quantitative estimate of drug-likeness (QED) is 0.895. The summed E-state index contributed by atoms with van der Waals surface area (Å²) in [4.78, 5) is 13.5. The zero-order chi connectivity index (χ0) is 12.1. The number of nitrogens with zero attached hydrogens (tertiary/aromatic N) is 1. The van der Waals surface area contributed by atoms with Gasteiger partial charge >= 0.3 is 0 Å². The van der Waals surface area contributed by atoms with Crippen LogP contribution in [0.2, 0.25) is 0 Å². The first-order valence-corrected chi connectivity index (χ1v) is 6.88. The van der Waals surface area contributed by atoms with Crippen LogP contribution in [0.4, 0.5) is 0 Å². The summed E-state index contributed by atoms with van der Waals surface area (Å²) >= 11 is 5.04. The number of hydrogen-bond acceptors (Lipinski definition) is 3. The summed E-state index contributed by atoms with van der Waals surface area (Å²) in [7, 11) is 1.83. The molecule has 0 fully saturated rings. The Hall–Kier alpha value is -0.100. The standard InChI is InChI=1S/C11H17BrN2OS.ClH/c1-8(13)3-4-11(15)14(2)6-9-5-10(12)16-7-9;/h5,7-8H,3-4,6,13H2,1-2H3;1H. The third-order valence-electron chi connectivity index (χ3n) is 2.28. The highest BCUT2D eigenvalue weighted by Crippen LogP contribution is 2.21. The number of halogens is 2. The van der Waals surface area contributed by atoms with Gasteiger partial charge in [0, 0.05) is 26.1 Å². The van der Waals surface area contributed by atoms with Crippen molar-refractivity contribution < 1.29 is 4.79 Å². The van der Waals surface area contributed by atoms with Gasteiger partial charge < -0.3 is 10.6 Å². The molecule has 1 aromatic heterocycles. The average molecular weight is 342 g/mol. The van der Waals surface area contributed by atoms with E-state index in [0.29, 0.717) is 13.0 Å². The summed E-state index contributed by atoms with van der Waals surface area (Å²) in [5, 5.41) is 2.05. The molecule has 2 N–H and O–H groups in total. The Morgan fingerprint density at radius 2 is 2.29 bits per heavy atom. The summed E-state index contributed by atoms with van der Waals surface area (Å²) in [5.74, 6) is 0.152. The molecule has 0 spiro atoms. The van der Waals surface area contributed by atoms with Crippen LogP contribution in [0.1, 0.15) is 25.3 Å². The summed E-state index contributed by atoms with van der Waals surface area (Å²) < 4.78 is 1.10. The van der Waals surface area contributed by atoms with Gasteiger partial charge in [0.25, 0.3) is 0 Å². The van der Waals surface area contributed by atoms with Gasteiger partial charge in [-0.15, -0.1) is 23.7 Å². The third kappa shape index (κ3) is 6.41. The van der Waals surface area contributed by atoms with E-state index < -0.39 is 0 Å². The lowest BCUT2D eigenvalue weighted by Gasteiger charge is -2.16. The molecule has 98 valence electrons. The summed E-state index contributed by atoms with van der Waals surface area (Å²) in [6, 6.07) is 2.13. The highest BCUT2D eigenvalue weighted by molar-refractivity contribution is 9.11. The Morgan fingerprint density at radius 1 is 1.65 bits per heavy atom. The Labute approximate surface area is 121 Å². The minimum atomic E-state index is 0. The van der Waals surface area contributed by atoms with Crippen molar-refractivity contribution >= 4 is 45.6 Å². The van der Waals surface area contributed by atoms with E-state index in [1.54, 1.807) is 16.2 Å². The van der Waals surface area contributed by atoms with E-state index >= 15 is 0 Å². The van der Waals surface area contributed by atoms with Crippen LogP contribution in [0.25, 0.3) is 0 Å². The number of amides is 1. The molecular formula is C11H18BrClN2OS. The Bertz CT molecular complexity index is 357. The first-order valence-electron chi connectivity index (χ1n) is 5.21. The Morgan fingerprint density at radius 3 is 2.76 bits per heavy atom. The molecule has 0 saturated heterocycles. The fourth-order valence-electron chi connectivity index (χ4n) is 1.33. The van der Waals surface area contributed by atoms with Crippen LogP contribution in [0.5, 0.6) is 0 Å². The van der Waals surface area contributed by atoms with E-state index in [1.165, 1.54) is 0 Å². The molecule has 1 amide bonds. The lowest BCUT2D eigenvalue weighted by atomic mass is 10.2. The van der Waals surface area contributed by atoms with Crippen molar-refractivity contribution in [2.75, 3.05) is 7.05 Å². The van der Waals surface area contributed by atoms with Gasteiger partial charge in [-0.2, -0.15) is 0 Å². The molecule has 1 rings (SSSR count). The number of carbonyl (C=O) groups is 1. The minimum Gasteiger partial charge on any atom is -0.341 e. The fourth-order valence-corrected chi connectivity index (χ4v) is 2.53. The number of nitrogens with two attached hydrogens (primary N) is 1. The van der Waals surface area contributed by atoms with Crippen LogP contribution in [0, 0.1) is 0 Å². The average Bonchev–Trinajstić information content (AvgIpc) is 2.60. The lowest BCUT2D eigenvalue weighted by Crippen LogP contribution is -2.27. The lowest BCUT2D eigenvalue weighted by molar-refractivity contribution is -0.130. The van der Waals surface area contributed by atoms with E-state index in [1.807, 2.05) is 20.0 Å². The number of rotatable bonds is 5. The second-order valence-electron chi connectivity index (χ2n) is 4.02. The molecule has 0 aliphatic heterocycles. The largest absolute Gasteiger partial charge is 0.341 e. The van der Waals surface area contributed by atoms with Crippen molar-refractivity contribution in [3.8, 4) is 0 Å². The molecule has 0 radical (unpaired) electrons. The van der Waals surface area contributed by atoms with Gasteiger partial charge in [0.05, 0.1) is 3.79 Å². The van der Waals surface area contributed by atoms with Crippen molar-refractivity contribution in [3.05, 3.63) is 20.8 Å². The first kappa shape index (κ1) is 16.9. The van der Waals surface area contributed by atoms with Gasteiger partial charge in [0.1, 0.15) is 0 Å². The van der Waals surface area contributed by atoms with Gasteiger partial charge in [-0.3, -0.25) is 4.79 Å². The highest BCUT2D eigenvalue weighted by Gasteiger charge is 2.10. The molecule has 0 aromatic carbocycles. The van der Waals surface area contributed by atoms with Gasteiger partial charge in [0.2, 0.25) is 5.91 Å². The minimum absolute atomic E-state index is 0. The summed E-state index contributed by atoms with van der Waals surface area (Å²) in [6.45, 7) is 2.59. The van der Waals surface area contributed by atoms with Gasteiger partial charge in [-0.25, -0.2) is 0 Å². The number of hydrogen-bond donors (Lipinski definition) is 1. The molecule has 0 aliphatic carbocycles. The maximum absolute atomic E-state index is 11.7. The van der Waals surface area contributed by atoms with E-state index in [0.717, 1.165) is 15.8 Å². The first-order chi connectivity index (χ1) is 7.49. The van der Waals surface area contributed by atoms with Crippen LogP contribution >= 0.6 is 39.7 Å². The smallest absolute Gasteiger partial charge is 0.222 e. The molecule has 0 bridgehead atoms. The van der Waals surface area contributed by atoms with E-state index in [2.05, 4.69) is 21.3 Å². The second-order valence-corrected chi connectivity index (χ2v) is 6.32. The van der Waals surface area contributed by atoms with Gasteiger partial charge in [-0.1, -0.05) is 0 Å². The number of carbonyl (C=O) groups excluding carboxylic acids is 1. The summed E-state index contributed by atoms with van der Waals surface area (Å²) in [6.07, 6.45) is 1.27. The maximum atomic E-state index is 11.7. The molecule has 1 atom stereocenters. The van der Waals surface area contributed by atoms with Crippen molar-refractivity contribution in [1.29, 1.82) is 0 Å². The molecule has 3 nitrogen and oxygen atoms in total.